The van der Waals surface area contributed by atoms with Crippen molar-refractivity contribution in [1.29, 1.82) is 0 Å². The van der Waals surface area contributed by atoms with Crippen LogP contribution in [0.25, 0.3) is 0 Å². The number of ether oxygens (including phenoxy) is 3. The van der Waals surface area contributed by atoms with E-state index in [4.69, 9.17) is 14.2 Å². The molecule has 1 aromatic heterocycles. The smallest absolute Gasteiger partial charge is 0.325 e. The lowest BCUT2D eigenvalue weighted by Crippen LogP contribution is -2.42. The number of imide groups is 1. The van der Waals surface area contributed by atoms with Crippen LogP contribution in [0.3, 0.4) is 0 Å². The van der Waals surface area contributed by atoms with E-state index < -0.39 is 29.9 Å². The van der Waals surface area contributed by atoms with Gasteiger partial charge in [0.1, 0.15) is 6.54 Å². The Morgan fingerprint density at radius 1 is 1.13 bits per heavy atom. The van der Waals surface area contributed by atoms with Gasteiger partial charge in [-0.25, -0.2) is 4.79 Å². The predicted molar refractivity (Wildman–Crippen MR) is 107 cm³/mol. The van der Waals surface area contributed by atoms with Gasteiger partial charge in [-0.3, -0.25) is 19.5 Å². The van der Waals surface area contributed by atoms with E-state index in [1.807, 2.05) is 0 Å². The SMILES string of the molecule is COc1cc(NC(=O)CN2C(=O)NC(C)(c3ccccn3)C2=O)cc(OC)c1OC. The van der Waals surface area contributed by atoms with E-state index in [1.54, 1.807) is 37.3 Å². The van der Waals surface area contributed by atoms with Gasteiger partial charge in [0.25, 0.3) is 5.91 Å². The molecular formula is C20H22N4O6. The first-order chi connectivity index (χ1) is 14.3. The fourth-order valence-corrected chi connectivity index (χ4v) is 3.17. The summed E-state index contributed by atoms with van der Waals surface area (Å²) >= 11 is 0. The van der Waals surface area contributed by atoms with E-state index in [2.05, 4.69) is 15.6 Å². The molecule has 10 heteroatoms. The number of anilines is 1. The van der Waals surface area contributed by atoms with Crippen molar-refractivity contribution in [1.82, 2.24) is 15.2 Å². The molecule has 1 atom stereocenters. The summed E-state index contributed by atoms with van der Waals surface area (Å²) in [6, 6.07) is 7.47. The molecular weight excluding hydrogens is 392 g/mol. The minimum Gasteiger partial charge on any atom is -0.493 e. The Morgan fingerprint density at radius 2 is 1.80 bits per heavy atom. The summed E-state index contributed by atoms with van der Waals surface area (Å²) in [7, 11) is 4.37. The van der Waals surface area contributed by atoms with Gasteiger partial charge in [-0.15, -0.1) is 0 Å². The van der Waals surface area contributed by atoms with Crippen LogP contribution < -0.4 is 24.8 Å². The molecule has 1 aliphatic rings. The van der Waals surface area contributed by atoms with Gasteiger partial charge in [0.05, 0.1) is 27.0 Å². The zero-order chi connectivity index (χ0) is 21.9. The topological polar surface area (TPSA) is 119 Å². The number of amides is 4. The van der Waals surface area contributed by atoms with Crippen molar-refractivity contribution in [3.05, 3.63) is 42.2 Å². The molecule has 1 fully saturated rings. The molecule has 1 saturated heterocycles. The zero-order valence-electron chi connectivity index (χ0n) is 17.0. The number of urea groups is 1. The number of nitrogens with zero attached hydrogens (tertiary/aromatic N) is 2. The first-order valence-electron chi connectivity index (χ1n) is 8.99. The van der Waals surface area contributed by atoms with Crippen molar-refractivity contribution < 1.29 is 28.6 Å². The highest BCUT2D eigenvalue weighted by atomic mass is 16.5. The molecule has 30 heavy (non-hydrogen) atoms. The van der Waals surface area contributed by atoms with Gasteiger partial charge in [-0.05, 0) is 19.1 Å². The molecule has 0 spiro atoms. The highest BCUT2D eigenvalue weighted by Crippen LogP contribution is 2.40. The maximum atomic E-state index is 12.9. The van der Waals surface area contributed by atoms with Crippen LogP contribution >= 0.6 is 0 Å². The second-order valence-corrected chi connectivity index (χ2v) is 6.62. The Bertz CT molecular complexity index is 956. The van der Waals surface area contributed by atoms with Gasteiger partial charge in [0.15, 0.2) is 17.0 Å². The molecule has 0 aliphatic carbocycles. The minimum atomic E-state index is -1.34. The average molecular weight is 414 g/mol. The average Bonchev–Trinajstić information content (AvgIpc) is 2.97. The molecule has 1 aromatic carbocycles. The number of aromatic nitrogens is 1. The van der Waals surface area contributed by atoms with Crippen molar-refractivity contribution in [3.63, 3.8) is 0 Å². The molecule has 0 saturated carbocycles. The van der Waals surface area contributed by atoms with E-state index in [9.17, 15) is 14.4 Å². The maximum absolute atomic E-state index is 12.9. The Balaban J connectivity index is 1.77. The van der Waals surface area contributed by atoms with Crippen LogP contribution in [0.2, 0.25) is 0 Å². The molecule has 2 heterocycles. The quantitative estimate of drug-likeness (QED) is 0.659. The molecule has 2 aromatic rings. The summed E-state index contributed by atoms with van der Waals surface area (Å²) in [4.78, 5) is 42.8. The molecule has 0 radical (unpaired) electrons. The van der Waals surface area contributed by atoms with Crippen LogP contribution in [0.15, 0.2) is 36.5 Å². The Hall–Kier alpha value is -3.82. The lowest BCUT2D eigenvalue weighted by atomic mass is 9.97. The summed E-state index contributed by atoms with van der Waals surface area (Å²) in [5, 5.41) is 5.24. The number of carbonyl (C=O) groups is 3. The van der Waals surface area contributed by atoms with Crippen LogP contribution in [0.5, 0.6) is 17.2 Å². The summed E-state index contributed by atoms with van der Waals surface area (Å²) in [5.74, 6) is -0.0581. The third-order valence-corrected chi connectivity index (χ3v) is 4.70. The lowest BCUT2D eigenvalue weighted by Gasteiger charge is -2.20. The highest BCUT2D eigenvalue weighted by molar-refractivity contribution is 6.10. The van der Waals surface area contributed by atoms with Crippen molar-refractivity contribution in [2.45, 2.75) is 12.5 Å². The standard InChI is InChI=1S/C20H22N4O6/c1-20(15-7-5-6-8-21-15)18(26)24(19(27)23-20)11-16(25)22-12-9-13(28-2)17(30-4)14(10-12)29-3/h5-10H,11H2,1-4H3,(H,22,25)(H,23,27). The highest BCUT2D eigenvalue weighted by Gasteiger charge is 2.50. The summed E-state index contributed by atoms with van der Waals surface area (Å²) in [6.07, 6.45) is 1.53. The number of benzene rings is 1. The third kappa shape index (κ3) is 3.71. The molecule has 0 bridgehead atoms. The van der Waals surface area contributed by atoms with Gasteiger partial charge < -0.3 is 24.8 Å². The van der Waals surface area contributed by atoms with Gasteiger partial charge in [0.2, 0.25) is 11.7 Å². The number of hydrogen-bond acceptors (Lipinski definition) is 7. The lowest BCUT2D eigenvalue weighted by molar-refractivity contribution is -0.133. The number of rotatable bonds is 7. The number of pyridine rings is 1. The molecule has 1 unspecified atom stereocenters. The van der Waals surface area contributed by atoms with Crippen LogP contribution in [-0.2, 0) is 15.1 Å². The molecule has 2 N–H and O–H groups in total. The van der Waals surface area contributed by atoms with Crippen molar-refractivity contribution in [2.75, 3.05) is 33.2 Å². The van der Waals surface area contributed by atoms with Gasteiger partial charge in [-0.2, -0.15) is 0 Å². The molecule has 4 amide bonds. The van der Waals surface area contributed by atoms with E-state index in [0.29, 0.717) is 28.6 Å². The first-order valence-corrected chi connectivity index (χ1v) is 8.99. The van der Waals surface area contributed by atoms with Crippen LogP contribution in [0.4, 0.5) is 10.5 Å². The number of nitrogens with one attached hydrogen (secondary N) is 2. The van der Waals surface area contributed by atoms with E-state index in [1.165, 1.54) is 27.5 Å². The van der Waals surface area contributed by atoms with E-state index in [0.717, 1.165) is 4.90 Å². The van der Waals surface area contributed by atoms with Crippen LogP contribution in [0, 0.1) is 0 Å². The molecule has 10 nitrogen and oxygen atoms in total. The van der Waals surface area contributed by atoms with E-state index in [-0.39, 0.29) is 0 Å². The number of hydrogen-bond donors (Lipinski definition) is 2. The molecule has 158 valence electrons. The van der Waals surface area contributed by atoms with Crippen molar-refractivity contribution in [3.8, 4) is 17.2 Å². The monoisotopic (exact) mass is 414 g/mol. The summed E-state index contributed by atoms with van der Waals surface area (Å²) in [5.41, 5.74) is -0.601. The van der Waals surface area contributed by atoms with Crippen molar-refractivity contribution >= 4 is 23.5 Å². The zero-order valence-corrected chi connectivity index (χ0v) is 17.0. The fraction of sp³-hybridized carbons (Fsp3) is 0.300. The predicted octanol–water partition coefficient (Wildman–Crippen LogP) is 1.51. The number of carbonyl (C=O) groups excluding carboxylic acids is 3. The third-order valence-electron chi connectivity index (χ3n) is 4.70. The molecule has 3 rings (SSSR count). The molecule has 1 aliphatic heterocycles. The largest absolute Gasteiger partial charge is 0.493 e. The van der Waals surface area contributed by atoms with Gasteiger partial charge in [0, 0.05) is 24.0 Å². The Labute approximate surface area is 173 Å². The van der Waals surface area contributed by atoms with E-state index >= 15 is 0 Å². The normalized spacial score (nSPS) is 18.1. The van der Waals surface area contributed by atoms with Crippen molar-refractivity contribution in [2.24, 2.45) is 0 Å². The second-order valence-electron chi connectivity index (χ2n) is 6.62. The van der Waals surface area contributed by atoms with Crippen LogP contribution in [0.1, 0.15) is 12.6 Å². The number of methoxy groups -OCH3 is 3. The summed E-state index contributed by atoms with van der Waals surface area (Å²) in [6.45, 7) is 1.08. The first kappa shape index (κ1) is 20.9. The van der Waals surface area contributed by atoms with Gasteiger partial charge >= 0.3 is 6.03 Å². The second kappa shape index (κ2) is 8.27. The maximum Gasteiger partial charge on any atom is 0.325 e. The Morgan fingerprint density at radius 3 is 2.33 bits per heavy atom. The fourth-order valence-electron chi connectivity index (χ4n) is 3.17. The summed E-state index contributed by atoms with van der Waals surface area (Å²) < 4.78 is 15.8. The Kier molecular flexibility index (Phi) is 5.77. The van der Waals surface area contributed by atoms with Gasteiger partial charge in [-0.1, -0.05) is 6.07 Å². The minimum absolute atomic E-state index is 0.352. The van der Waals surface area contributed by atoms with Crippen LogP contribution in [-0.4, -0.2) is 55.6 Å².